The number of nitrogens with zero attached hydrogens (tertiary/aromatic N) is 1. The number of ether oxygens (including phenoxy) is 1. The number of hydrogen-bond acceptors (Lipinski definition) is 3. The van der Waals surface area contributed by atoms with Crippen molar-refractivity contribution >= 4 is 23.8 Å². The van der Waals surface area contributed by atoms with Gasteiger partial charge in [-0.1, -0.05) is 29.8 Å². The van der Waals surface area contributed by atoms with E-state index in [0.717, 1.165) is 5.56 Å². The van der Waals surface area contributed by atoms with Gasteiger partial charge in [0.25, 0.3) is 0 Å². The smallest absolute Gasteiger partial charge is 0.333 e. The summed E-state index contributed by atoms with van der Waals surface area (Å²) in [5, 5.41) is 0.661. The first kappa shape index (κ1) is 14.5. The van der Waals surface area contributed by atoms with Crippen molar-refractivity contribution in [1.29, 1.82) is 0 Å². The summed E-state index contributed by atoms with van der Waals surface area (Å²) >= 11 is 5.79. The van der Waals surface area contributed by atoms with E-state index in [4.69, 9.17) is 16.3 Å². The lowest BCUT2D eigenvalue weighted by atomic mass is 9.99. The van der Waals surface area contributed by atoms with E-state index in [0.29, 0.717) is 11.4 Å². The third-order valence-electron chi connectivity index (χ3n) is 2.54. The van der Waals surface area contributed by atoms with E-state index in [-0.39, 0.29) is 5.97 Å². The van der Waals surface area contributed by atoms with Crippen molar-refractivity contribution in [3.8, 4) is 0 Å². The minimum absolute atomic E-state index is 0.382. The molecule has 3 nitrogen and oxygen atoms in total. The molecule has 0 spiro atoms. The fourth-order valence-electron chi connectivity index (χ4n) is 1.46. The Hall–Kier alpha value is -1.61. The zero-order valence-corrected chi connectivity index (χ0v) is 11.3. The van der Waals surface area contributed by atoms with E-state index >= 15 is 0 Å². The molecule has 18 heavy (non-hydrogen) atoms. The van der Waals surface area contributed by atoms with Gasteiger partial charge in [0.1, 0.15) is 0 Å². The molecular weight excluding hydrogens is 250 g/mol. The molecule has 0 aromatic heterocycles. The van der Waals surface area contributed by atoms with Gasteiger partial charge in [-0.15, -0.1) is 6.58 Å². The number of benzene rings is 1. The number of rotatable bonds is 5. The van der Waals surface area contributed by atoms with Crippen LogP contribution in [0.5, 0.6) is 0 Å². The zero-order valence-electron chi connectivity index (χ0n) is 10.5. The van der Waals surface area contributed by atoms with Crippen molar-refractivity contribution in [2.45, 2.75) is 18.9 Å². The fourth-order valence-corrected chi connectivity index (χ4v) is 1.58. The van der Waals surface area contributed by atoms with Crippen LogP contribution in [-0.2, 0) is 9.53 Å². The van der Waals surface area contributed by atoms with E-state index in [9.17, 15) is 4.79 Å². The fraction of sp³-hybridized carbons (Fsp3) is 0.286. The predicted octanol–water partition coefficient (Wildman–Crippen LogP) is 3.27. The number of carbonyl (C=O) groups is 1. The van der Waals surface area contributed by atoms with Crippen LogP contribution in [0.2, 0.25) is 5.02 Å². The van der Waals surface area contributed by atoms with Crippen molar-refractivity contribution < 1.29 is 9.53 Å². The first-order valence-electron chi connectivity index (χ1n) is 5.52. The summed E-state index contributed by atoms with van der Waals surface area (Å²) in [5.74, 6) is -0.382. The summed E-state index contributed by atoms with van der Waals surface area (Å²) in [6, 6.07) is 7.20. The summed E-state index contributed by atoms with van der Waals surface area (Å²) in [6.45, 7) is 5.35. The van der Waals surface area contributed by atoms with Gasteiger partial charge >= 0.3 is 5.97 Å². The molecule has 1 rings (SSSR count). The quantitative estimate of drug-likeness (QED) is 0.466. The van der Waals surface area contributed by atoms with Gasteiger partial charge in [-0.25, -0.2) is 4.79 Å². The predicted molar refractivity (Wildman–Crippen MR) is 74.3 cm³/mol. The van der Waals surface area contributed by atoms with Gasteiger partial charge < -0.3 is 4.74 Å². The van der Waals surface area contributed by atoms with Gasteiger partial charge in [0.2, 0.25) is 0 Å². The van der Waals surface area contributed by atoms with Gasteiger partial charge in [0.05, 0.1) is 7.11 Å². The highest BCUT2D eigenvalue weighted by Gasteiger charge is 2.31. The molecule has 96 valence electrons. The second kappa shape index (κ2) is 6.36. The highest BCUT2D eigenvalue weighted by Crippen LogP contribution is 2.18. The summed E-state index contributed by atoms with van der Waals surface area (Å²) in [5.41, 5.74) is -0.0607. The van der Waals surface area contributed by atoms with Crippen LogP contribution in [-0.4, -0.2) is 24.8 Å². The average molecular weight is 266 g/mol. The Morgan fingerprint density at radius 3 is 2.61 bits per heavy atom. The number of halogens is 1. The van der Waals surface area contributed by atoms with Gasteiger partial charge in [-0.3, -0.25) is 4.99 Å². The molecule has 0 saturated heterocycles. The van der Waals surface area contributed by atoms with Crippen LogP contribution in [0.1, 0.15) is 18.9 Å². The van der Waals surface area contributed by atoms with E-state index in [2.05, 4.69) is 11.6 Å². The number of methoxy groups -OCH3 is 1. The zero-order chi connectivity index (χ0) is 13.6. The second-order valence-corrected chi connectivity index (χ2v) is 4.50. The molecular formula is C14H16ClNO2. The lowest BCUT2D eigenvalue weighted by Crippen LogP contribution is -2.34. The first-order valence-corrected chi connectivity index (χ1v) is 5.90. The van der Waals surface area contributed by atoms with Gasteiger partial charge in [0.15, 0.2) is 5.54 Å². The van der Waals surface area contributed by atoms with Crippen LogP contribution in [0.3, 0.4) is 0 Å². The highest BCUT2D eigenvalue weighted by atomic mass is 35.5. The molecule has 1 atom stereocenters. The molecule has 0 N–H and O–H groups in total. The summed E-state index contributed by atoms with van der Waals surface area (Å²) in [7, 11) is 1.35. The molecule has 0 aliphatic rings. The Labute approximate surface area is 112 Å². The number of hydrogen-bond donors (Lipinski definition) is 0. The molecule has 1 aromatic carbocycles. The van der Waals surface area contributed by atoms with Crippen LogP contribution < -0.4 is 0 Å². The molecule has 0 heterocycles. The van der Waals surface area contributed by atoms with E-state index in [1.165, 1.54) is 7.11 Å². The molecule has 0 saturated carbocycles. The maximum absolute atomic E-state index is 11.7. The van der Waals surface area contributed by atoms with Crippen LogP contribution in [0.4, 0.5) is 0 Å². The standard InChI is InChI=1S/C14H16ClNO2/c1-4-9-14(2,13(17)18-3)16-10-11-5-7-12(15)8-6-11/h4-8,10H,1,9H2,2-3H3. The molecule has 0 fully saturated rings. The van der Waals surface area contributed by atoms with Crippen LogP contribution in [0.25, 0.3) is 0 Å². The van der Waals surface area contributed by atoms with Crippen molar-refractivity contribution in [3.05, 3.63) is 47.5 Å². The lowest BCUT2D eigenvalue weighted by molar-refractivity contribution is -0.146. The third-order valence-corrected chi connectivity index (χ3v) is 2.79. The number of esters is 1. The Bertz CT molecular complexity index is 453. The average Bonchev–Trinajstić information content (AvgIpc) is 2.37. The SMILES string of the molecule is C=CCC(C)(N=Cc1ccc(Cl)cc1)C(=O)OC. The minimum atomic E-state index is -0.934. The summed E-state index contributed by atoms with van der Waals surface area (Å²) < 4.78 is 4.75. The van der Waals surface area contributed by atoms with Crippen molar-refractivity contribution in [2.75, 3.05) is 7.11 Å². The van der Waals surface area contributed by atoms with Gasteiger partial charge in [0, 0.05) is 17.7 Å². The molecule has 1 unspecified atom stereocenters. The van der Waals surface area contributed by atoms with Crippen molar-refractivity contribution in [2.24, 2.45) is 4.99 Å². The van der Waals surface area contributed by atoms with Crippen molar-refractivity contribution in [1.82, 2.24) is 0 Å². The molecule has 0 radical (unpaired) electrons. The van der Waals surface area contributed by atoms with E-state index in [1.54, 1.807) is 31.3 Å². The normalized spacial score (nSPS) is 14.2. The molecule has 0 amide bonds. The summed E-state index contributed by atoms with van der Waals surface area (Å²) in [6.07, 6.45) is 3.70. The first-order chi connectivity index (χ1) is 8.51. The largest absolute Gasteiger partial charge is 0.467 e. The van der Waals surface area contributed by atoms with E-state index < -0.39 is 5.54 Å². The topological polar surface area (TPSA) is 38.7 Å². The Morgan fingerprint density at radius 2 is 2.11 bits per heavy atom. The molecule has 1 aromatic rings. The molecule has 4 heteroatoms. The Morgan fingerprint density at radius 1 is 1.50 bits per heavy atom. The van der Waals surface area contributed by atoms with Crippen LogP contribution in [0.15, 0.2) is 41.9 Å². The van der Waals surface area contributed by atoms with E-state index in [1.807, 2.05) is 12.1 Å². The van der Waals surface area contributed by atoms with Gasteiger partial charge in [-0.2, -0.15) is 0 Å². The second-order valence-electron chi connectivity index (χ2n) is 4.07. The van der Waals surface area contributed by atoms with Crippen molar-refractivity contribution in [3.63, 3.8) is 0 Å². The maximum Gasteiger partial charge on any atom is 0.333 e. The Kier molecular flexibility index (Phi) is 5.10. The van der Waals surface area contributed by atoms with Gasteiger partial charge in [-0.05, 0) is 24.6 Å². The maximum atomic E-state index is 11.7. The summed E-state index contributed by atoms with van der Waals surface area (Å²) in [4.78, 5) is 16.0. The lowest BCUT2D eigenvalue weighted by Gasteiger charge is -2.20. The third kappa shape index (κ3) is 3.70. The molecule has 0 aliphatic carbocycles. The molecule has 0 aliphatic heterocycles. The number of carbonyl (C=O) groups excluding carboxylic acids is 1. The van der Waals surface area contributed by atoms with Crippen LogP contribution >= 0.6 is 11.6 Å². The monoisotopic (exact) mass is 265 g/mol. The minimum Gasteiger partial charge on any atom is -0.467 e. The number of aliphatic imine (C=N–C) groups is 1. The molecule has 0 bridgehead atoms. The van der Waals surface area contributed by atoms with Crippen LogP contribution in [0, 0.1) is 0 Å². The highest BCUT2D eigenvalue weighted by molar-refractivity contribution is 6.30. The Balaban J connectivity index is 2.92.